The van der Waals surface area contributed by atoms with Crippen LogP contribution in [-0.4, -0.2) is 15.9 Å². The summed E-state index contributed by atoms with van der Waals surface area (Å²) >= 11 is 1.10. The number of hydrogen-bond acceptors (Lipinski definition) is 3. The Balaban J connectivity index is 2.37. The summed E-state index contributed by atoms with van der Waals surface area (Å²) in [6, 6.07) is 13.8. The highest BCUT2D eigenvalue weighted by Gasteiger charge is 2.38. The lowest BCUT2D eigenvalue weighted by atomic mass is 10.1. The molecule has 3 nitrogen and oxygen atoms in total. The fourth-order valence-electron chi connectivity index (χ4n) is 1.86. The number of carbonyl (C=O) groups excluding carboxylic acids is 1. The number of aliphatic hydroxyl groups is 1. The highest BCUT2D eigenvalue weighted by molar-refractivity contribution is 8.01. The first-order valence-electron chi connectivity index (χ1n) is 6.13. The second kappa shape index (κ2) is 5.23. The first-order chi connectivity index (χ1) is 8.93. The van der Waals surface area contributed by atoms with Gasteiger partial charge in [0.1, 0.15) is 0 Å². The van der Waals surface area contributed by atoms with E-state index >= 15 is 0 Å². The van der Waals surface area contributed by atoms with Crippen LogP contribution in [0.25, 0.3) is 10.8 Å². The van der Waals surface area contributed by atoms with Crippen molar-refractivity contribution in [2.45, 2.75) is 23.7 Å². The number of hydrogen-bond donors (Lipinski definition) is 2. The van der Waals surface area contributed by atoms with Crippen LogP contribution < -0.4 is 5.73 Å². The minimum atomic E-state index is -1.58. The summed E-state index contributed by atoms with van der Waals surface area (Å²) in [4.78, 5) is 10.7. The molecule has 0 aliphatic rings. The van der Waals surface area contributed by atoms with E-state index in [2.05, 4.69) is 0 Å². The van der Waals surface area contributed by atoms with Gasteiger partial charge >= 0.3 is 0 Å². The summed E-state index contributed by atoms with van der Waals surface area (Å²) in [6.45, 7) is 3.55. The van der Waals surface area contributed by atoms with Crippen LogP contribution in [0.1, 0.15) is 13.8 Å². The van der Waals surface area contributed by atoms with E-state index in [4.69, 9.17) is 5.73 Å². The lowest BCUT2D eigenvalue weighted by Crippen LogP contribution is -2.45. The molecule has 0 saturated heterocycles. The Labute approximate surface area is 116 Å². The molecule has 1 atom stereocenters. The minimum absolute atomic E-state index is 0.263. The van der Waals surface area contributed by atoms with Crippen LogP contribution in [-0.2, 0) is 4.79 Å². The maximum atomic E-state index is 11.5. The zero-order chi connectivity index (χ0) is 14.0. The molecule has 0 heterocycles. The molecule has 0 radical (unpaired) electrons. The molecule has 0 aliphatic heterocycles. The van der Waals surface area contributed by atoms with Crippen LogP contribution in [0, 0.1) is 5.92 Å². The third kappa shape index (κ3) is 2.74. The van der Waals surface area contributed by atoms with E-state index in [0.717, 1.165) is 27.4 Å². The average molecular weight is 275 g/mol. The lowest BCUT2D eigenvalue weighted by molar-refractivity contribution is -0.130. The van der Waals surface area contributed by atoms with Gasteiger partial charge in [0.2, 0.25) is 0 Å². The molecule has 0 aromatic heterocycles. The number of rotatable bonds is 4. The molecule has 1 unspecified atom stereocenters. The molecule has 100 valence electrons. The number of amides is 1. The summed E-state index contributed by atoms with van der Waals surface area (Å²) in [5.41, 5.74) is 5.32. The van der Waals surface area contributed by atoms with Crippen LogP contribution in [0.4, 0.5) is 0 Å². The van der Waals surface area contributed by atoms with Gasteiger partial charge in [0.15, 0.2) is 4.93 Å². The van der Waals surface area contributed by atoms with Gasteiger partial charge in [0.05, 0.1) is 0 Å². The van der Waals surface area contributed by atoms with E-state index in [1.54, 1.807) is 13.8 Å². The number of benzene rings is 2. The number of carbonyl (C=O) groups is 1. The zero-order valence-corrected chi connectivity index (χ0v) is 11.8. The first-order valence-corrected chi connectivity index (χ1v) is 6.95. The minimum Gasteiger partial charge on any atom is -0.370 e. The third-order valence-corrected chi connectivity index (χ3v) is 4.60. The van der Waals surface area contributed by atoms with Crippen molar-refractivity contribution in [1.29, 1.82) is 0 Å². The van der Waals surface area contributed by atoms with Crippen molar-refractivity contribution in [2.75, 3.05) is 0 Å². The lowest BCUT2D eigenvalue weighted by Gasteiger charge is -2.27. The summed E-state index contributed by atoms with van der Waals surface area (Å²) < 4.78 is 0. The predicted molar refractivity (Wildman–Crippen MR) is 78.8 cm³/mol. The molecule has 0 bridgehead atoms. The van der Waals surface area contributed by atoms with Crippen molar-refractivity contribution in [2.24, 2.45) is 11.7 Å². The van der Waals surface area contributed by atoms with E-state index < -0.39 is 10.8 Å². The molecule has 3 N–H and O–H groups in total. The second-order valence-corrected chi connectivity index (χ2v) is 6.12. The van der Waals surface area contributed by atoms with Gasteiger partial charge in [-0.3, -0.25) is 4.79 Å². The number of thioether (sulfide) groups is 1. The maximum absolute atomic E-state index is 11.5. The summed E-state index contributed by atoms with van der Waals surface area (Å²) in [5, 5.41) is 12.6. The molecule has 0 fully saturated rings. The Morgan fingerprint density at radius 1 is 1.21 bits per heavy atom. The van der Waals surface area contributed by atoms with Gasteiger partial charge in [0.25, 0.3) is 5.91 Å². The summed E-state index contributed by atoms with van der Waals surface area (Å²) in [5.74, 6) is -0.970. The molecule has 0 spiro atoms. The van der Waals surface area contributed by atoms with E-state index in [1.807, 2.05) is 42.5 Å². The van der Waals surface area contributed by atoms with Crippen molar-refractivity contribution in [3.63, 3.8) is 0 Å². The maximum Gasteiger partial charge on any atom is 0.260 e. The SMILES string of the molecule is CC(C)C(O)(Sc1ccc2ccccc2c1)C(N)=O. The second-order valence-electron chi connectivity index (χ2n) is 4.83. The Morgan fingerprint density at radius 2 is 1.84 bits per heavy atom. The molecular weight excluding hydrogens is 258 g/mol. The molecule has 0 saturated carbocycles. The smallest absolute Gasteiger partial charge is 0.260 e. The van der Waals surface area contributed by atoms with Crippen LogP contribution in [0.2, 0.25) is 0 Å². The van der Waals surface area contributed by atoms with Gasteiger partial charge in [-0.25, -0.2) is 0 Å². The number of primary amides is 1. The van der Waals surface area contributed by atoms with Crippen LogP contribution in [0.3, 0.4) is 0 Å². The van der Waals surface area contributed by atoms with Crippen LogP contribution >= 0.6 is 11.8 Å². The molecular formula is C15H17NO2S. The molecule has 2 aromatic rings. The Hall–Kier alpha value is -1.52. The van der Waals surface area contributed by atoms with Gasteiger partial charge in [0, 0.05) is 10.8 Å². The molecule has 4 heteroatoms. The fourth-order valence-corrected chi connectivity index (χ4v) is 2.88. The fraction of sp³-hybridized carbons (Fsp3) is 0.267. The topological polar surface area (TPSA) is 63.3 Å². The van der Waals surface area contributed by atoms with Crippen molar-refractivity contribution >= 4 is 28.4 Å². The van der Waals surface area contributed by atoms with Crippen molar-refractivity contribution in [3.8, 4) is 0 Å². The van der Waals surface area contributed by atoms with Crippen LogP contribution in [0.5, 0.6) is 0 Å². The van der Waals surface area contributed by atoms with Gasteiger partial charge in [-0.15, -0.1) is 0 Å². The van der Waals surface area contributed by atoms with Gasteiger partial charge in [-0.1, -0.05) is 55.9 Å². The molecule has 0 aliphatic carbocycles. The molecule has 2 aromatic carbocycles. The first kappa shape index (κ1) is 13.9. The Morgan fingerprint density at radius 3 is 2.42 bits per heavy atom. The van der Waals surface area contributed by atoms with Crippen molar-refractivity contribution in [1.82, 2.24) is 0 Å². The summed E-state index contributed by atoms with van der Waals surface area (Å²) in [7, 11) is 0. The van der Waals surface area contributed by atoms with Gasteiger partial charge < -0.3 is 10.8 Å². The number of fused-ring (bicyclic) bond motifs is 1. The van der Waals surface area contributed by atoms with E-state index in [1.165, 1.54) is 0 Å². The quantitative estimate of drug-likeness (QED) is 0.666. The van der Waals surface area contributed by atoms with E-state index in [0.29, 0.717) is 0 Å². The molecule has 2 rings (SSSR count). The van der Waals surface area contributed by atoms with Crippen molar-refractivity contribution < 1.29 is 9.90 Å². The Bertz CT molecular complexity index is 612. The normalized spacial score (nSPS) is 14.5. The van der Waals surface area contributed by atoms with Crippen LogP contribution in [0.15, 0.2) is 47.4 Å². The van der Waals surface area contributed by atoms with E-state index in [-0.39, 0.29) is 5.92 Å². The highest BCUT2D eigenvalue weighted by Crippen LogP contribution is 2.37. The van der Waals surface area contributed by atoms with Crippen molar-refractivity contribution in [3.05, 3.63) is 42.5 Å². The monoisotopic (exact) mass is 275 g/mol. The largest absolute Gasteiger partial charge is 0.370 e. The average Bonchev–Trinajstić information content (AvgIpc) is 2.38. The van der Waals surface area contributed by atoms with Gasteiger partial charge in [-0.05, 0) is 22.9 Å². The standard InChI is InChI=1S/C15H17NO2S/c1-10(2)15(18,14(16)17)19-13-8-7-11-5-3-4-6-12(11)9-13/h3-10,18H,1-2H3,(H2,16,17). The molecule has 19 heavy (non-hydrogen) atoms. The van der Waals surface area contributed by atoms with E-state index in [9.17, 15) is 9.90 Å². The Kier molecular flexibility index (Phi) is 3.83. The van der Waals surface area contributed by atoms with Gasteiger partial charge in [-0.2, -0.15) is 0 Å². The summed E-state index contributed by atoms with van der Waals surface area (Å²) in [6.07, 6.45) is 0. The number of nitrogens with two attached hydrogens (primary N) is 1. The predicted octanol–water partition coefficient (Wildman–Crippen LogP) is 2.76. The zero-order valence-electron chi connectivity index (χ0n) is 11.0. The highest BCUT2D eigenvalue weighted by atomic mass is 32.2. The molecule has 1 amide bonds. The third-order valence-electron chi connectivity index (χ3n) is 3.13.